The fourth-order valence-electron chi connectivity index (χ4n) is 2.79. The van der Waals surface area contributed by atoms with Crippen LogP contribution in [0.2, 0.25) is 0 Å². The molecule has 0 fully saturated rings. The highest BCUT2D eigenvalue weighted by Gasteiger charge is 2.48. The summed E-state index contributed by atoms with van der Waals surface area (Å²) in [6.07, 6.45) is 0. The van der Waals surface area contributed by atoms with Gasteiger partial charge in [-0.05, 0) is 17.7 Å². The molecule has 1 atom stereocenters. The zero-order valence-electron chi connectivity index (χ0n) is 14.6. The van der Waals surface area contributed by atoms with E-state index in [0.29, 0.717) is 0 Å². The molecule has 3 aromatic carbocycles. The van der Waals surface area contributed by atoms with Gasteiger partial charge in [-0.2, -0.15) is 8.78 Å². The molecule has 0 bridgehead atoms. The van der Waals surface area contributed by atoms with Crippen molar-refractivity contribution in [1.29, 1.82) is 0 Å². The van der Waals surface area contributed by atoms with Crippen LogP contribution in [0.25, 0.3) is 0 Å². The maximum atomic E-state index is 15.2. The topological polar surface area (TPSA) is 72.2 Å². The quantitative estimate of drug-likeness (QED) is 0.343. The van der Waals surface area contributed by atoms with Crippen molar-refractivity contribution in [1.82, 2.24) is 0 Å². The Kier molecular flexibility index (Phi) is 5.44. The zero-order chi connectivity index (χ0) is 20.1. The molecular formula is C21H16F2N2O3. The number of hydrogen-bond acceptors (Lipinski definition) is 4. The van der Waals surface area contributed by atoms with Crippen molar-refractivity contribution in [2.45, 2.75) is 12.0 Å². The van der Waals surface area contributed by atoms with E-state index in [0.717, 1.165) is 0 Å². The summed E-state index contributed by atoms with van der Waals surface area (Å²) in [5.74, 6) is -5.07. The van der Waals surface area contributed by atoms with E-state index in [4.69, 9.17) is 0 Å². The lowest BCUT2D eigenvalue weighted by Gasteiger charge is -2.28. The average Bonchev–Trinajstić information content (AvgIpc) is 2.73. The Morgan fingerprint density at radius 3 is 1.96 bits per heavy atom. The van der Waals surface area contributed by atoms with Gasteiger partial charge in [0.05, 0.1) is 4.92 Å². The molecule has 0 saturated carbocycles. The summed E-state index contributed by atoms with van der Waals surface area (Å²) in [4.78, 5) is 22.7. The van der Waals surface area contributed by atoms with E-state index in [1.165, 1.54) is 60.7 Å². The van der Waals surface area contributed by atoms with Crippen LogP contribution in [0, 0.1) is 10.1 Å². The number of ketones is 1. The molecule has 0 saturated heterocycles. The first-order valence-corrected chi connectivity index (χ1v) is 8.43. The maximum Gasteiger partial charge on any atom is 0.333 e. The van der Waals surface area contributed by atoms with Crippen molar-refractivity contribution >= 4 is 17.2 Å². The van der Waals surface area contributed by atoms with Crippen LogP contribution in [0.1, 0.15) is 22.0 Å². The van der Waals surface area contributed by atoms with Crippen molar-refractivity contribution in [2.75, 3.05) is 5.32 Å². The van der Waals surface area contributed by atoms with Crippen molar-refractivity contribution in [3.8, 4) is 0 Å². The predicted octanol–water partition coefficient (Wildman–Crippen LogP) is 5.27. The van der Waals surface area contributed by atoms with E-state index in [1.807, 2.05) is 0 Å². The fraction of sp³-hybridized carbons (Fsp3) is 0.0952. The molecule has 5 nitrogen and oxygen atoms in total. The fourth-order valence-corrected chi connectivity index (χ4v) is 2.79. The monoisotopic (exact) mass is 382 g/mol. The number of anilines is 1. The molecule has 0 radical (unpaired) electrons. The van der Waals surface area contributed by atoms with Crippen LogP contribution in [0.3, 0.4) is 0 Å². The number of hydrogen-bond donors (Lipinski definition) is 1. The van der Waals surface area contributed by atoms with Crippen molar-refractivity contribution in [3.63, 3.8) is 0 Å². The number of nitro benzene ring substituents is 1. The van der Waals surface area contributed by atoms with Gasteiger partial charge < -0.3 is 5.32 Å². The molecule has 0 spiro atoms. The van der Waals surface area contributed by atoms with E-state index in [2.05, 4.69) is 5.32 Å². The number of nitrogens with zero attached hydrogens (tertiary/aromatic N) is 1. The molecule has 7 heteroatoms. The van der Waals surface area contributed by atoms with Gasteiger partial charge in [-0.15, -0.1) is 0 Å². The first kappa shape index (κ1) is 19.2. The van der Waals surface area contributed by atoms with E-state index >= 15 is 8.78 Å². The average molecular weight is 382 g/mol. The molecule has 1 unspecified atom stereocenters. The summed E-state index contributed by atoms with van der Waals surface area (Å²) < 4.78 is 30.5. The van der Waals surface area contributed by atoms with Crippen LogP contribution < -0.4 is 5.32 Å². The Bertz CT molecular complexity index is 962. The number of nitro groups is 1. The predicted molar refractivity (Wildman–Crippen MR) is 102 cm³/mol. The van der Waals surface area contributed by atoms with Crippen LogP contribution in [0.5, 0.6) is 0 Å². The van der Waals surface area contributed by atoms with Crippen LogP contribution in [0.15, 0.2) is 84.9 Å². The summed E-state index contributed by atoms with van der Waals surface area (Å²) >= 11 is 0. The number of nitrogens with one attached hydrogen (secondary N) is 1. The Balaban J connectivity index is 1.97. The van der Waals surface area contributed by atoms with Gasteiger partial charge in [-0.25, -0.2) is 0 Å². The third kappa shape index (κ3) is 4.03. The Labute approximate surface area is 159 Å². The molecule has 0 aliphatic heterocycles. The second kappa shape index (κ2) is 7.96. The third-order valence-electron chi connectivity index (χ3n) is 4.22. The van der Waals surface area contributed by atoms with Crippen LogP contribution >= 0.6 is 0 Å². The SMILES string of the molecule is O=C(c1ccccc1)C(F)(F)C(Nc1ccc([N+](=O)[O-])cc1)c1ccccc1. The summed E-state index contributed by atoms with van der Waals surface area (Å²) in [7, 11) is 0. The second-order valence-corrected chi connectivity index (χ2v) is 6.11. The summed E-state index contributed by atoms with van der Waals surface area (Å²) in [6.45, 7) is 0. The molecule has 0 aromatic heterocycles. The van der Waals surface area contributed by atoms with Gasteiger partial charge in [0.2, 0.25) is 5.78 Å². The van der Waals surface area contributed by atoms with E-state index < -0.39 is 22.7 Å². The highest BCUT2D eigenvalue weighted by Crippen LogP contribution is 2.37. The van der Waals surface area contributed by atoms with Crippen molar-refractivity contribution < 1.29 is 18.5 Å². The lowest BCUT2D eigenvalue weighted by Crippen LogP contribution is -2.40. The van der Waals surface area contributed by atoms with Gasteiger partial charge in [-0.1, -0.05) is 60.7 Å². The van der Waals surface area contributed by atoms with Gasteiger partial charge in [0.1, 0.15) is 6.04 Å². The van der Waals surface area contributed by atoms with Crippen molar-refractivity contribution in [2.24, 2.45) is 0 Å². The molecule has 3 rings (SSSR count). The van der Waals surface area contributed by atoms with E-state index in [9.17, 15) is 14.9 Å². The van der Waals surface area contributed by atoms with E-state index in [-0.39, 0.29) is 22.5 Å². The minimum atomic E-state index is -3.76. The molecule has 3 aromatic rings. The molecular weight excluding hydrogens is 366 g/mol. The Morgan fingerprint density at radius 2 is 1.43 bits per heavy atom. The normalized spacial score (nSPS) is 12.2. The van der Waals surface area contributed by atoms with Gasteiger partial charge in [0.15, 0.2) is 0 Å². The van der Waals surface area contributed by atoms with Crippen molar-refractivity contribution in [3.05, 3.63) is 106 Å². The Hall–Kier alpha value is -3.61. The highest BCUT2D eigenvalue weighted by atomic mass is 19.3. The number of Topliss-reactive ketones (excluding diaryl/α,β-unsaturated/α-hetero) is 1. The number of benzene rings is 3. The zero-order valence-corrected chi connectivity index (χ0v) is 14.6. The summed E-state index contributed by atoms with van der Waals surface area (Å²) in [5.41, 5.74) is 0.197. The van der Waals surface area contributed by atoms with Crippen LogP contribution in [0.4, 0.5) is 20.2 Å². The molecule has 0 aliphatic carbocycles. The number of alkyl halides is 2. The molecule has 1 N–H and O–H groups in total. The first-order chi connectivity index (χ1) is 13.4. The summed E-state index contributed by atoms with van der Waals surface area (Å²) in [6, 6.07) is 18.7. The number of rotatable bonds is 7. The van der Waals surface area contributed by atoms with Gasteiger partial charge in [-0.3, -0.25) is 14.9 Å². The molecule has 0 aliphatic rings. The molecule has 28 heavy (non-hydrogen) atoms. The standard InChI is InChI=1S/C21H16F2N2O3/c22-21(23,20(26)16-9-5-2-6-10-16)19(15-7-3-1-4-8-15)24-17-11-13-18(14-12-17)25(27)28/h1-14,19,24H. The minimum Gasteiger partial charge on any atom is -0.372 e. The minimum absolute atomic E-state index is 0.0982. The number of carbonyl (C=O) groups excluding carboxylic acids is 1. The van der Waals surface area contributed by atoms with Gasteiger partial charge >= 0.3 is 5.92 Å². The first-order valence-electron chi connectivity index (χ1n) is 8.43. The van der Waals surface area contributed by atoms with E-state index in [1.54, 1.807) is 24.3 Å². The number of halogens is 2. The molecule has 0 heterocycles. The lowest BCUT2D eigenvalue weighted by atomic mass is 9.93. The van der Waals surface area contributed by atoms with Crippen LogP contribution in [-0.2, 0) is 0 Å². The third-order valence-corrected chi connectivity index (χ3v) is 4.22. The van der Waals surface area contributed by atoms with Gasteiger partial charge in [0.25, 0.3) is 5.69 Å². The maximum absolute atomic E-state index is 15.2. The largest absolute Gasteiger partial charge is 0.372 e. The Morgan fingerprint density at radius 1 is 0.893 bits per heavy atom. The van der Waals surface area contributed by atoms with Gasteiger partial charge in [0, 0.05) is 23.4 Å². The lowest BCUT2D eigenvalue weighted by molar-refractivity contribution is -0.384. The molecule has 0 amide bonds. The highest BCUT2D eigenvalue weighted by molar-refractivity contribution is 6.02. The number of carbonyl (C=O) groups is 1. The second-order valence-electron chi connectivity index (χ2n) is 6.11. The summed E-state index contributed by atoms with van der Waals surface area (Å²) in [5, 5.41) is 13.4. The number of non-ortho nitro benzene ring substituents is 1. The van der Waals surface area contributed by atoms with Crippen LogP contribution in [-0.4, -0.2) is 16.6 Å². The smallest absolute Gasteiger partial charge is 0.333 e. The molecule has 142 valence electrons.